The fraction of sp³-hybridized carbons (Fsp3) is 0.478. The number of hydrogen-bond acceptors (Lipinski definition) is 6. The Kier molecular flexibility index (Phi) is 5.43. The first-order chi connectivity index (χ1) is 16.0. The maximum Gasteiger partial charge on any atom is 0.332 e. The zero-order chi connectivity index (χ0) is 23.1. The fourth-order valence-corrected chi connectivity index (χ4v) is 4.79. The van der Waals surface area contributed by atoms with E-state index in [4.69, 9.17) is 9.47 Å². The lowest BCUT2D eigenvalue weighted by molar-refractivity contribution is -0.132. The number of ether oxygens (including phenoxy) is 2. The summed E-state index contributed by atoms with van der Waals surface area (Å²) in [6.45, 7) is 2.28. The largest absolute Gasteiger partial charge is 0.486 e. The minimum Gasteiger partial charge on any atom is -0.486 e. The Balaban J connectivity index is 1.28. The molecule has 33 heavy (non-hydrogen) atoms. The molecule has 0 spiro atoms. The van der Waals surface area contributed by atoms with Gasteiger partial charge in [-0.2, -0.15) is 0 Å². The van der Waals surface area contributed by atoms with Crippen LogP contribution >= 0.6 is 0 Å². The number of carbonyl (C=O) groups excluding carboxylic acids is 1. The van der Waals surface area contributed by atoms with E-state index in [9.17, 15) is 14.4 Å². The van der Waals surface area contributed by atoms with Gasteiger partial charge in [0.05, 0.1) is 12.4 Å². The maximum atomic E-state index is 13.1. The van der Waals surface area contributed by atoms with Gasteiger partial charge in [0, 0.05) is 33.6 Å². The second-order valence-corrected chi connectivity index (χ2v) is 8.57. The number of nitrogens with zero attached hydrogens (tertiary/aromatic N) is 5. The maximum absolute atomic E-state index is 13.1. The van der Waals surface area contributed by atoms with E-state index < -0.39 is 5.69 Å². The zero-order valence-electron chi connectivity index (χ0n) is 18.8. The van der Waals surface area contributed by atoms with Gasteiger partial charge in [-0.3, -0.25) is 18.7 Å². The lowest BCUT2D eigenvalue weighted by atomic mass is 10.0. The molecule has 0 radical (unpaired) electrons. The van der Waals surface area contributed by atoms with E-state index in [1.807, 2.05) is 23.1 Å². The standard InChI is InChI=1S/C23H27N5O5/c1-25-21-20(22(30)26(2)23(25)31)27(14-24-21)9-4-6-19(29)28-10-3-5-16(28)15-7-8-17-18(13-15)33-12-11-32-17/h7-8,13-14,16H,3-6,9-12H2,1-2H3. The Hall–Kier alpha value is -3.56. The molecule has 1 fully saturated rings. The summed E-state index contributed by atoms with van der Waals surface area (Å²) in [5.41, 5.74) is 1.01. The summed E-state index contributed by atoms with van der Waals surface area (Å²) in [7, 11) is 3.05. The van der Waals surface area contributed by atoms with Crippen LogP contribution in [-0.4, -0.2) is 49.3 Å². The molecule has 1 unspecified atom stereocenters. The van der Waals surface area contributed by atoms with Crippen molar-refractivity contribution in [2.24, 2.45) is 14.1 Å². The molecule has 4 heterocycles. The summed E-state index contributed by atoms with van der Waals surface area (Å²) < 4.78 is 15.5. The number of hydrogen-bond donors (Lipinski definition) is 0. The van der Waals surface area contributed by atoms with E-state index in [1.54, 1.807) is 17.9 Å². The Morgan fingerprint density at radius 3 is 2.73 bits per heavy atom. The summed E-state index contributed by atoms with van der Waals surface area (Å²) in [4.78, 5) is 43.9. The molecule has 1 amide bonds. The lowest BCUT2D eigenvalue weighted by Crippen LogP contribution is -2.37. The second kappa shape index (κ2) is 8.42. The van der Waals surface area contributed by atoms with Crippen molar-refractivity contribution < 1.29 is 14.3 Å². The van der Waals surface area contributed by atoms with Crippen LogP contribution in [0.25, 0.3) is 11.2 Å². The molecule has 10 heteroatoms. The van der Waals surface area contributed by atoms with Crippen LogP contribution in [0.4, 0.5) is 0 Å². The third-order valence-corrected chi connectivity index (χ3v) is 6.53. The smallest absolute Gasteiger partial charge is 0.332 e. The van der Waals surface area contributed by atoms with E-state index in [0.717, 1.165) is 41.0 Å². The topological polar surface area (TPSA) is 101 Å². The molecule has 0 saturated carbocycles. The molecule has 2 aliphatic rings. The molecule has 1 aromatic carbocycles. The van der Waals surface area contributed by atoms with Crippen LogP contribution in [0.1, 0.15) is 37.3 Å². The highest BCUT2D eigenvalue weighted by Gasteiger charge is 2.30. The van der Waals surface area contributed by atoms with E-state index >= 15 is 0 Å². The van der Waals surface area contributed by atoms with Crippen LogP contribution in [0.3, 0.4) is 0 Å². The van der Waals surface area contributed by atoms with Gasteiger partial charge >= 0.3 is 5.69 Å². The predicted molar refractivity (Wildman–Crippen MR) is 121 cm³/mol. The van der Waals surface area contributed by atoms with Gasteiger partial charge in [-0.25, -0.2) is 9.78 Å². The van der Waals surface area contributed by atoms with Crippen molar-refractivity contribution in [3.63, 3.8) is 0 Å². The molecule has 2 aromatic heterocycles. The number of benzene rings is 1. The van der Waals surface area contributed by atoms with Crippen molar-refractivity contribution in [2.45, 2.75) is 38.3 Å². The van der Waals surface area contributed by atoms with Gasteiger partial charge in [0.1, 0.15) is 13.2 Å². The predicted octanol–water partition coefficient (Wildman–Crippen LogP) is 1.35. The molecule has 5 rings (SSSR count). The first-order valence-electron chi connectivity index (χ1n) is 11.3. The molecular formula is C23H27N5O5. The van der Waals surface area contributed by atoms with E-state index in [-0.39, 0.29) is 17.5 Å². The van der Waals surface area contributed by atoms with Gasteiger partial charge in [-0.1, -0.05) is 6.07 Å². The Morgan fingerprint density at radius 2 is 1.91 bits per heavy atom. The first kappa shape index (κ1) is 21.3. The highest BCUT2D eigenvalue weighted by Crippen LogP contribution is 2.38. The van der Waals surface area contributed by atoms with Crippen molar-refractivity contribution in [1.29, 1.82) is 0 Å². The molecule has 0 bridgehead atoms. The van der Waals surface area contributed by atoms with E-state index in [0.29, 0.717) is 43.8 Å². The molecule has 0 aliphatic carbocycles. The molecule has 1 atom stereocenters. The Labute approximate surface area is 190 Å². The third kappa shape index (κ3) is 3.69. The quantitative estimate of drug-likeness (QED) is 0.578. The summed E-state index contributed by atoms with van der Waals surface area (Å²) in [6.07, 6.45) is 4.37. The van der Waals surface area contributed by atoms with Crippen molar-refractivity contribution in [3.8, 4) is 11.5 Å². The second-order valence-electron chi connectivity index (χ2n) is 8.57. The highest BCUT2D eigenvalue weighted by molar-refractivity contribution is 5.77. The monoisotopic (exact) mass is 453 g/mol. The average Bonchev–Trinajstić information content (AvgIpc) is 3.49. The molecule has 10 nitrogen and oxygen atoms in total. The van der Waals surface area contributed by atoms with Crippen LogP contribution in [-0.2, 0) is 25.4 Å². The summed E-state index contributed by atoms with van der Waals surface area (Å²) in [6, 6.07) is 5.95. The number of amides is 1. The fourth-order valence-electron chi connectivity index (χ4n) is 4.79. The molecular weight excluding hydrogens is 426 g/mol. The lowest BCUT2D eigenvalue weighted by Gasteiger charge is -2.27. The van der Waals surface area contributed by atoms with Crippen LogP contribution in [0.2, 0.25) is 0 Å². The molecule has 0 N–H and O–H groups in total. The van der Waals surface area contributed by atoms with Crippen LogP contribution in [0, 0.1) is 0 Å². The highest BCUT2D eigenvalue weighted by atomic mass is 16.6. The number of imidazole rings is 1. The van der Waals surface area contributed by atoms with Gasteiger partial charge in [0.2, 0.25) is 5.91 Å². The van der Waals surface area contributed by atoms with Crippen molar-refractivity contribution in [3.05, 3.63) is 50.9 Å². The minimum atomic E-state index is -0.410. The van der Waals surface area contributed by atoms with Gasteiger partial charge in [-0.05, 0) is 37.0 Å². The Bertz CT molecular complexity index is 1340. The number of aromatic nitrogens is 4. The van der Waals surface area contributed by atoms with Crippen LogP contribution in [0.5, 0.6) is 11.5 Å². The molecule has 3 aromatic rings. The summed E-state index contributed by atoms with van der Waals surface area (Å²) in [5, 5.41) is 0. The van der Waals surface area contributed by atoms with Gasteiger partial charge in [0.25, 0.3) is 5.56 Å². The average molecular weight is 453 g/mol. The number of aryl methyl sites for hydroxylation is 2. The summed E-state index contributed by atoms with van der Waals surface area (Å²) >= 11 is 0. The number of fused-ring (bicyclic) bond motifs is 2. The SMILES string of the molecule is Cn1c(=O)c2c(ncn2CCCC(=O)N2CCCC2c2ccc3c(c2)OCCO3)n(C)c1=O. The molecule has 1 saturated heterocycles. The van der Waals surface area contributed by atoms with Gasteiger partial charge in [0.15, 0.2) is 22.7 Å². The van der Waals surface area contributed by atoms with Crippen LogP contribution < -0.4 is 20.7 Å². The number of carbonyl (C=O) groups is 1. The van der Waals surface area contributed by atoms with Crippen molar-refractivity contribution in [2.75, 3.05) is 19.8 Å². The number of rotatable bonds is 5. The van der Waals surface area contributed by atoms with Crippen molar-refractivity contribution >= 4 is 17.1 Å². The summed E-state index contributed by atoms with van der Waals surface area (Å²) in [5.74, 6) is 1.58. The number of likely N-dealkylation sites (tertiary alicyclic amines) is 1. The minimum absolute atomic E-state index is 0.0317. The van der Waals surface area contributed by atoms with Crippen LogP contribution in [0.15, 0.2) is 34.1 Å². The first-order valence-corrected chi connectivity index (χ1v) is 11.3. The van der Waals surface area contributed by atoms with E-state index in [1.165, 1.54) is 11.6 Å². The third-order valence-electron chi connectivity index (χ3n) is 6.53. The molecule has 2 aliphatic heterocycles. The van der Waals surface area contributed by atoms with Gasteiger partial charge in [-0.15, -0.1) is 0 Å². The van der Waals surface area contributed by atoms with Gasteiger partial charge < -0.3 is 18.9 Å². The Morgan fingerprint density at radius 1 is 1.12 bits per heavy atom. The normalized spacial score (nSPS) is 17.6. The van der Waals surface area contributed by atoms with Crippen molar-refractivity contribution in [1.82, 2.24) is 23.6 Å². The molecule has 174 valence electrons. The van der Waals surface area contributed by atoms with E-state index in [2.05, 4.69) is 4.98 Å². The zero-order valence-corrected chi connectivity index (χ0v) is 18.8.